The van der Waals surface area contributed by atoms with Crippen molar-refractivity contribution in [1.29, 1.82) is 0 Å². The number of primary amides is 1. The summed E-state index contributed by atoms with van der Waals surface area (Å²) in [5.74, 6) is -4.34. The van der Waals surface area contributed by atoms with Gasteiger partial charge in [0.1, 0.15) is 18.1 Å². The van der Waals surface area contributed by atoms with E-state index in [0.29, 0.717) is 6.42 Å². The summed E-state index contributed by atoms with van der Waals surface area (Å²) in [6.45, 7) is -0.970. The Labute approximate surface area is 148 Å². The summed E-state index contributed by atoms with van der Waals surface area (Å²) in [5.41, 5.74) is 10.4. The Morgan fingerprint density at radius 1 is 1.23 bits per heavy atom. The predicted molar refractivity (Wildman–Crippen MR) is 86.2 cm³/mol. The van der Waals surface area contributed by atoms with Crippen molar-refractivity contribution in [3.63, 3.8) is 0 Å². The van der Waals surface area contributed by atoms with Gasteiger partial charge in [0, 0.05) is 6.54 Å². The highest BCUT2D eigenvalue weighted by Crippen LogP contribution is 2.19. The molecule has 0 radical (unpaired) electrons. The topological polar surface area (TPSA) is 205 Å². The number of amides is 4. The Bertz CT molecular complexity index is 582. The number of nitrogens with two attached hydrogens (primary N) is 2. The second-order valence-electron chi connectivity index (χ2n) is 5.83. The number of carbonyl (C=O) groups is 5. The number of likely N-dealkylation sites (tertiary alicyclic amines) is 1. The summed E-state index contributed by atoms with van der Waals surface area (Å²) >= 11 is 0. The van der Waals surface area contributed by atoms with Crippen molar-refractivity contribution in [2.45, 2.75) is 37.4 Å². The van der Waals surface area contributed by atoms with Gasteiger partial charge in [-0.2, -0.15) is 0 Å². The minimum Gasteiger partial charge on any atom is -0.480 e. The summed E-state index contributed by atoms with van der Waals surface area (Å²) in [7, 11) is 0. The van der Waals surface area contributed by atoms with Gasteiger partial charge >= 0.3 is 5.97 Å². The molecule has 0 aliphatic carbocycles. The monoisotopic (exact) mass is 373 g/mol. The number of aliphatic carboxylic acids is 1. The third-order valence-corrected chi connectivity index (χ3v) is 3.82. The number of hydrogen-bond acceptors (Lipinski definition) is 7. The first-order valence-electron chi connectivity index (χ1n) is 7.92. The van der Waals surface area contributed by atoms with E-state index in [-0.39, 0.29) is 13.0 Å². The van der Waals surface area contributed by atoms with E-state index in [1.54, 1.807) is 0 Å². The molecule has 146 valence electrons. The van der Waals surface area contributed by atoms with Gasteiger partial charge in [0.25, 0.3) is 0 Å². The van der Waals surface area contributed by atoms with Gasteiger partial charge in [-0.1, -0.05) is 0 Å². The molecule has 1 aliphatic rings. The van der Waals surface area contributed by atoms with Crippen LogP contribution in [0.5, 0.6) is 0 Å². The summed E-state index contributed by atoms with van der Waals surface area (Å²) in [5, 5.41) is 22.3. The standard InChI is InChI=1S/C14H23N5O7/c15-7(6-20)12(23)17-5-11(22)18-8(4-10(16)21)13(24)19-3-1-2-9(19)14(25)26/h7-9,20H,1-6,15H2,(H2,16,21)(H,17,23)(H,18,22)(H,25,26). The van der Waals surface area contributed by atoms with Crippen LogP contribution < -0.4 is 22.1 Å². The number of carboxylic acid groups (broad SMARTS) is 1. The number of nitrogens with zero attached hydrogens (tertiary/aromatic N) is 1. The molecular weight excluding hydrogens is 350 g/mol. The second-order valence-corrected chi connectivity index (χ2v) is 5.83. The average molecular weight is 373 g/mol. The molecule has 1 fully saturated rings. The lowest BCUT2D eigenvalue weighted by Crippen LogP contribution is -2.54. The van der Waals surface area contributed by atoms with Crippen LogP contribution in [-0.4, -0.2) is 82.5 Å². The van der Waals surface area contributed by atoms with Gasteiger partial charge in [-0.3, -0.25) is 19.2 Å². The lowest BCUT2D eigenvalue weighted by Gasteiger charge is -2.26. The fourth-order valence-corrected chi connectivity index (χ4v) is 2.52. The zero-order valence-corrected chi connectivity index (χ0v) is 14.0. The maximum Gasteiger partial charge on any atom is 0.326 e. The van der Waals surface area contributed by atoms with E-state index in [9.17, 15) is 24.0 Å². The first-order valence-corrected chi connectivity index (χ1v) is 7.92. The molecule has 12 nitrogen and oxygen atoms in total. The van der Waals surface area contributed by atoms with Crippen LogP contribution in [0.3, 0.4) is 0 Å². The normalized spacial score (nSPS) is 18.7. The third kappa shape index (κ3) is 5.97. The smallest absolute Gasteiger partial charge is 0.326 e. The number of aliphatic hydroxyl groups is 1. The van der Waals surface area contributed by atoms with Crippen LogP contribution in [0, 0.1) is 0 Å². The fraction of sp³-hybridized carbons (Fsp3) is 0.643. The molecule has 0 aromatic carbocycles. The van der Waals surface area contributed by atoms with Crippen molar-refractivity contribution in [2.75, 3.05) is 19.7 Å². The minimum absolute atomic E-state index is 0.184. The molecule has 4 amide bonds. The van der Waals surface area contributed by atoms with Crippen LogP contribution in [0.1, 0.15) is 19.3 Å². The summed E-state index contributed by atoms with van der Waals surface area (Å²) in [6, 6.07) is -3.58. The molecule has 1 saturated heterocycles. The quantitative estimate of drug-likeness (QED) is 0.233. The first-order chi connectivity index (χ1) is 12.2. The van der Waals surface area contributed by atoms with Crippen LogP contribution in [0.15, 0.2) is 0 Å². The molecule has 0 aromatic rings. The Morgan fingerprint density at radius 2 is 1.88 bits per heavy atom. The highest BCUT2D eigenvalue weighted by molar-refractivity contribution is 5.95. The highest BCUT2D eigenvalue weighted by Gasteiger charge is 2.38. The van der Waals surface area contributed by atoms with Gasteiger partial charge in [0.2, 0.25) is 23.6 Å². The molecule has 0 spiro atoms. The largest absolute Gasteiger partial charge is 0.480 e. The van der Waals surface area contributed by atoms with Crippen molar-refractivity contribution in [2.24, 2.45) is 11.5 Å². The van der Waals surface area contributed by atoms with E-state index < -0.39 is 67.3 Å². The molecule has 12 heteroatoms. The summed E-state index contributed by atoms with van der Waals surface area (Å²) in [6.07, 6.45) is 0.236. The van der Waals surface area contributed by atoms with E-state index in [1.807, 2.05) is 0 Å². The van der Waals surface area contributed by atoms with Gasteiger partial charge in [0.15, 0.2) is 0 Å². The highest BCUT2D eigenvalue weighted by atomic mass is 16.4. The zero-order chi connectivity index (χ0) is 19.9. The molecule has 0 saturated carbocycles. The fourth-order valence-electron chi connectivity index (χ4n) is 2.52. The number of carboxylic acids is 1. The molecule has 1 rings (SSSR count). The van der Waals surface area contributed by atoms with E-state index >= 15 is 0 Å². The Morgan fingerprint density at radius 3 is 2.42 bits per heavy atom. The maximum absolute atomic E-state index is 12.5. The predicted octanol–water partition coefficient (Wildman–Crippen LogP) is -4.14. The third-order valence-electron chi connectivity index (χ3n) is 3.82. The Hall–Kier alpha value is -2.73. The van der Waals surface area contributed by atoms with Crippen molar-refractivity contribution in [3.05, 3.63) is 0 Å². The van der Waals surface area contributed by atoms with E-state index in [4.69, 9.17) is 21.7 Å². The second kappa shape index (κ2) is 9.68. The molecular formula is C14H23N5O7. The SMILES string of the molecule is NC(=O)CC(NC(=O)CNC(=O)C(N)CO)C(=O)N1CCCC1C(=O)O. The van der Waals surface area contributed by atoms with Crippen molar-refractivity contribution < 1.29 is 34.2 Å². The van der Waals surface area contributed by atoms with Gasteiger partial charge in [-0.05, 0) is 12.8 Å². The minimum atomic E-state index is -1.34. The summed E-state index contributed by atoms with van der Waals surface area (Å²) in [4.78, 5) is 59.3. The summed E-state index contributed by atoms with van der Waals surface area (Å²) < 4.78 is 0. The lowest BCUT2D eigenvalue weighted by molar-refractivity contribution is -0.149. The molecule has 0 bridgehead atoms. The van der Waals surface area contributed by atoms with Gasteiger partial charge < -0.3 is 37.2 Å². The Balaban J connectivity index is 2.72. The molecule has 3 atom stereocenters. The van der Waals surface area contributed by atoms with Crippen molar-refractivity contribution >= 4 is 29.6 Å². The molecule has 3 unspecified atom stereocenters. The molecule has 8 N–H and O–H groups in total. The van der Waals surface area contributed by atoms with Crippen LogP contribution in [0.25, 0.3) is 0 Å². The van der Waals surface area contributed by atoms with Crippen LogP contribution >= 0.6 is 0 Å². The molecule has 26 heavy (non-hydrogen) atoms. The lowest BCUT2D eigenvalue weighted by atomic mass is 10.1. The van der Waals surface area contributed by atoms with Crippen LogP contribution in [0.4, 0.5) is 0 Å². The van der Waals surface area contributed by atoms with E-state index in [0.717, 1.165) is 4.90 Å². The Kier molecular flexibility index (Phi) is 7.93. The molecule has 0 aromatic heterocycles. The first kappa shape index (κ1) is 21.3. The molecule has 1 aliphatic heterocycles. The number of nitrogens with one attached hydrogen (secondary N) is 2. The van der Waals surface area contributed by atoms with Crippen LogP contribution in [-0.2, 0) is 24.0 Å². The van der Waals surface area contributed by atoms with Crippen molar-refractivity contribution in [1.82, 2.24) is 15.5 Å². The van der Waals surface area contributed by atoms with Crippen molar-refractivity contribution in [3.8, 4) is 0 Å². The van der Waals surface area contributed by atoms with Gasteiger partial charge in [-0.25, -0.2) is 4.79 Å². The molecule has 1 heterocycles. The maximum atomic E-state index is 12.5. The number of hydrogen-bond donors (Lipinski definition) is 6. The average Bonchev–Trinajstić information content (AvgIpc) is 3.07. The van der Waals surface area contributed by atoms with Gasteiger partial charge in [-0.15, -0.1) is 0 Å². The zero-order valence-electron chi connectivity index (χ0n) is 14.0. The van der Waals surface area contributed by atoms with Crippen LogP contribution in [0.2, 0.25) is 0 Å². The number of rotatable bonds is 9. The van der Waals surface area contributed by atoms with E-state index in [2.05, 4.69) is 10.6 Å². The number of carbonyl (C=O) groups excluding carboxylic acids is 4. The number of aliphatic hydroxyl groups excluding tert-OH is 1. The van der Waals surface area contributed by atoms with E-state index in [1.165, 1.54) is 0 Å². The van der Waals surface area contributed by atoms with Gasteiger partial charge in [0.05, 0.1) is 19.6 Å².